The second-order valence-electron chi connectivity index (χ2n) is 4.36. The normalized spacial score (nSPS) is 10.2. The predicted molar refractivity (Wildman–Crippen MR) is 77.2 cm³/mol. The molecule has 2 aromatic rings. The molecule has 0 atom stereocenters. The van der Waals surface area contributed by atoms with Crippen LogP contribution in [0.3, 0.4) is 0 Å². The van der Waals surface area contributed by atoms with E-state index in [1.807, 2.05) is 6.92 Å². The molecule has 0 bridgehead atoms. The molecule has 1 amide bonds. The van der Waals surface area contributed by atoms with Crippen LogP contribution in [0, 0.1) is 22.9 Å². The highest BCUT2D eigenvalue weighted by molar-refractivity contribution is 6.34. The molecule has 0 unspecified atom stereocenters. The highest BCUT2D eigenvalue weighted by Gasteiger charge is 2.16. The Morgan fingerprint density at radius 3 is 2.62 bits per heavy atom. The van der Waals surface area contributed by atoms with Crippen LogP contribution in [0.2, 0.25) is 5.02 Å². The number of rotatable bonds is 3. The van der Waals surface area contributed by atoms with E-state index in [0.29, 0.717) is 0 Å². The lowest BCUT2D eigenvalue weighted by Gasteiger charge is -2.07. The van der Waals surface area contributed by atoms with E-state index in [1.54, 1.807) is 18.2 Å². The van der Waals surface area contributed by atoms with Gasteiger partial charge in [-0.3, -0.25) is 14.9 Å². The summed E-state index contributed by atoms with van der Waals surface area (Å²) in [5.41, 5.74) is 0.538. The van der Waals surface area contributed by atoms with Crippen LogP contribution in [0.1, 0.15) is 15.9 Å². The number of halogens is 2. The number of benzene rings is 2. The molecule has 2 rings (SSSR count). The van der Waals surface area contributed by atoms with Gasteiger partial charge < -0.3 is 5.32 Å². The van der Waals surface area contributed by atoms with Gasteiger partial charge in [0, 0.05) is 11.8 Å². The van der Waals surface area contributed by atoms with E-state index in [9.17, 15) is 19.3 Å². The van der Waals surface area contributed by atoms with Gasteiger partial charge in [0.15, 0.2) is 0 Å². The van der Waals surface area contributed by atoms with Crippen LogP contribution in [0.25, 0.3) is 0 Å². The summed E-state index contributed by atoms with van der Waals surface area (Å²) in [6, 6.07) is 8.00. The quantitative estimate of drug-likeness (QED) is 0.689. The molecule has 0 fully saturated rings. The summed E-state index contributed by atoms with van der Waals surface area (Å²) in [7, 11) is 0. The Balaban J connectivity index is 2.27. The van der Waals surface area contributed by atoms with Crippen LogP contribution in [-0.4, -0.2) is 10.8 Å². The third-order valence-corrected chi connectivity index (χ3v) is 3.08. The van der Waals surface area contributed by atoms with Crippen molar-refractivity contribution in [3.63, 3.8) is 0 Å². The molecule has 0 aromatic heterocycles. The molecule has 2 aromatic carbocycles. The fourth-order valence-electron chi connectivity index (χ4n) is 1.73. The number of nitrogens with zero attached hydrogens (tertiary/aromatic N) is 1. The minimum atomic E-state index is -0.966. The molecular formula is C14H10ClFN2O3. The number of carbonyl (C=O) groups is 1. The maximum absolute atomic E-state index is 13.2. The first kappa shape index (κ1) is 14.9. The first-order valence-electron chi connectivity index (χ1n) is 5.90. The fraction of sp³-hybridized carbons (Fsp3) is 0.0714. The lowest BCUT2D eigenvalue weighted by Crippen LogP contribution is -2.12. The van der Waals surface area contributed by atoms with Crippen molar-refractivity contribution >= 4 is 28.9 Å². The number of amides is 1. The van der Waals surface area contributed by atoms with Gasteiger partial charge in [0.25, 0.3) is 5.91 Å². The Hall–Kier alpha value is -2.47. The zero-order valence-corrected chi connectivity index (χ0v) is 11.6. The molecule has 0 radical (unpaired) electrons. The molecule has 7 heteroatoms. The van der Waals surface area contributed by atoms with Gasteiger partial charge in [0.1, 0.15) is 0 Å². The molecule has 1 N–H and O–H groups in total. The minimum absolute atomic E-state index is 0.116. The summed E-state index contributed by atoms with van der Waals surface area (Å²) in [5.74, 6) is -1.49. The van der Waals surface area contributed by atoms with E-state index in [0.717, 1.165) is 17.7 Å². The number of nitro benzene ring substituents is 1. The number of aryl methyl sites for hydroxylation is 1. The van der Waals surface area contributed by atoms with Crippen molar-refractivity contribution in [3.8, 4) is 0 Å². The summed E-state index contributed by atoms with van der Waals surface area (Å²) in [4.78, 5) is 21.8. The van der Waals surface area contributed by atoms with Crippen LogP contribution in [-0.2, 0) is 0 Å². The highest BCUT2D eigenvalue weighted by Crippen LogP contribution is 2.23. The van der Waals surface area contributed by atoms with E-state index in [-0.39, 0.29) is 16.3 Å². The van der Waals surface area contributed by atoms with E-state index in [4.69, 9.17) is 11.6 Å². The van der Waals surface area contributed by atoms with Crippen LogP contribution in [0.4, 0.5) is 15.8 Å². The number of hydrogen-bond donors (Lipinski definition) is 1. The average Bonchev–Trinajstić information content (AvgIpc) is 2.40. The van der Waals surface area contributed by atoms with E-state index in [1.165, 1.54) is 6.07 Å². The standard InChI is InChI=1S/C14H10ClFN2O3/c1-8-2-4-10(11(15)6-8)14(19)17-9-3-5-12(16)13(7-9)18(20)21/h2-7H,1H3,(H,17,19). The molecule has 0 aliphatic carbocycles. The number of carbonyl (C=O) groups excluding carboxylic acids is 1. The number of nitro groups is 1. The number of nitrogens with one attached hydrogen (secondary N) is 1. The molecule has 0 saturated carbocycles. The summed E-state index contributed by atoms with van der Waals surface area (Å²) >= 11 is 5.97. The second-order valence-corrected chi connectivity index (χ2v) is 4.77. The van der Waals surface area contributed by atoms with Crippen LogP contribution < -0.4 is 5.32 Å². The maximum atomic E-state index is 13.2. The fourth-order valence-corrected chi connectivity index (χ4v) is 2.05. The molecule has 0 saturated heterocycles. The monoisotopic (exact) mass is 308 g/mol. The van der Waals surface area contributed by atoms with E-state index in [2.05, 4.69) is 5.32 Å². The first-order valence-corrected chi connectivity index (χ1v) is 6.27. The van der Waals surface area contributed by atoms with Crippen molar-refractivity contribution in [1.82, 2.24) is 0 Å². The summed E-state index contributed by atoms with van der Waals surface area (Å²) in [6.45, 7) is 1.83. The molecule has 0 spiro atoms. The van der Waals surface area contributed by atoms with Gasteiger partial charge in [0.05, 0.1) is 15.5 Å². The van der Waals surface area contributed by atoms with Crippen molar-refractivity contribution in [3.05, 3.63) is 68.5 Å². The van der Waals surface area contributed by atoms with Gasteiger partial charge in [-0.15, -0.1) is 0 Å². The van der Waals surface area contributed by atoms with E-state index < -0.39 is 22.3 Å². The largest absolute Gasteiger partial charge is 0.322 e. The van der Waals surface area contributed by atoms with Crippen molar-refractivity contribution < 1.29 is 14.1 Å². The topological polar surface area (TPSA) is 72.2 Å². The van der Waals surface area contributed by atoms with Gasteiger partial charge in [0.2, 0.25) is 5.82 Å². The SMILES string of the molecule is Cc1ccc(C(=O)Nc2ccc(F)c([N+](=O)[O-])c2)c(Cl)c1. The van der Waals surface area contributed by atoms with E-state index >= 15 is 0 Å². The molecule has 0 aliphatic rings. The number of hydrogen-bond acceptors (Lipinski definition) is 3. The Morgan fingerprint density at radius 1 is 1.29 bits per heavy atom. The lowest BCUT2D eigenvalue weighted by molar-refractivity contribution is -0.387. The molecule has 0 aliphatic heterocycles. The molecule has 108 valence electrons. The van der Waals surface area contributed by atoms with Gasteiger partial charge in [-0.2, -0.15) is 4.39 Å². The van der Waals surface area contributed by atoms with Crippen molar-refractivity contribution in [2.45, 2.75) is 6.92 Å². The van der Waals surface area contributed by atoms with Gasteiger partial charge in [-0.25, -0.2) is 0 Å². The summed E-state index contributed by atoms with van der Waals surface area (Å²) in [6.07, 6.45) is 0. The maximum Gasteiger partial charge on any atom is 0.306 e. The van der Waals surface area contributed by atoms with Crippen molar-refractivity contribution in [1.29, 1.82) is 0 Å². The molecule has 0 heterocycles. The Morgan fingerprint density at radius 2 is 2.00 bits per heavy atom. The summed E-state index contributed by atoms with van der Waals surface area (Å²) < 4.78 is 13.2. The van der Waals surface area contributed by atoms with Gasteiger partial charge in [-0.1, -0.05) is 17.7 Å². The summed E-state index contributed by atoms with van der Waals surface area (Å²) in [5, 5.41) is 13.4. The Kier molecular flexibility index (Phi) is 4.18. The van der Waals surface area contributed by atoms with Crippen molar-refractivity contribution in [2.24, 2.45) is 0 Å². The lowest BCUT2D eigenvalue weighted by atomic mass is 10.1. The highest BCUT2D eigenvalue weighted by atomic mass is 35.5. The number of anilines is 1. The third-order valence-electron chi connectivity index (χ3n) is 2.77. The van der Waals surface area contributed by atoms with Crippen LogP contribution in [0.15, 0.2) is 36.4 Å². The third kappa shape index (κ3) is 3.35. The molecular weight excluding hydrogens is 299 g/mol. The van der Waals surface area contributed by atoms with Crippen LogP contribution in [0.5, 0.6) is 0 Å². The smallest absolute Gasteiger partial charge is 0.306 e. The zero-order chi connectivity index (χ0) is 15.6. The predicted octanol–water partition coefficient (Wildman–Crippen LogP) is 3.95. The Labute approximate surface area is 124 Å². The zero-order valence-electron chi connectivity index (χ0n) is 10.9. The molecule has 5 nitrogen and oxygen atoms in total. The second kappa shape index (κ2) is 5.88. The average molecular weight is 309 g/mol. The minimum Gasteiger partial charge on any atom is -0.322 e. The van der Waals surface area contributed by atoms with Crippen molar-refractivity contribution in [2.75, 3.05) is 5.32 Å². The first-order chi connectivity index (χ1) is 9.88. The van der Waals surface area contributed by atoms with Crippen LogP contribution >= 0.6 is 11.6 Å². The van der Waals surface area contributed by atoms with Gasteiger partial charge in [-0.05, 0) is 36.8 Å². The Bertz CT molecular complexity index is 734. The van der Waals surface area contributed by atoms with Gasteiger partial charge >= 0.3 is 5.69 Å². The molecule has 21 heavy (non-hydrogen) atoms.